The molecule has 2 aromatic carbocycles. The number of hydrogen-bond acceptors (Lipinski definition) is 4. The number of thiophene rings is 1. The lowest BCUT2D eigenvalue weighted by Gasteiger charge is -2.13. The average molecular weight is 298 g/mol. The number of carbonyl (C=O) groups is 1. The Morgan fingerprint density at radius 3 is 2.71 bits per heavy atom. The average Bonchev–Trinajstić information content (AvgIpc) is 2.91. The Hall–Kier alpha value is -2.37. The normalized spacial score (nSPS) is 12.2. The standard InChI is InChI=1S/C16H14N2O2S/c17-15(19)11-5-3-6-12(8-11)18-16(20)14-9-10-4-1-2-7-13(10)21-14/h1-9,16,18,20H,(H2,17,19). The monoisotopic (exact) mass is 298 g/mol. The summed E-state index contributed by atoms with van der Waals surface area (Å²) in [5.74, 6) is -0.491. The Bertz CT molecular complexity index is 765. The molecule has 1 amide bonds. The highest BCUT2D eigenvalue weighted by Crippen LogP contribution is 2.30. The van der Waals surface area contributed by atoms with Crippen LogP contribution in [0.3, 0.4) is 0 Å². The first-order valence-electron chi connectivity index (χ1n) is 6.46. The molecule has 0 bridgehead atoms. The van der Waals surface area contributed by atoms with Crippen molar-refractivity contribution in [3.05, 3.63) is 65.0 Å². The SMILES string of the molecule is NC(=O)c1cccc(NC(O)c2cc3ccccc3s2)c1. The number of primary amides is 1. The van der Waals surface area contributed by atoms with Gasteiger partial charge in [0.1, 0.15) is 0 Å². The highest BCUT2D eigenvalue weighted by atomic mass is 32.1. The van der Waals surface area contributed by atoms with E-state index in [1.54, 1.807) is 24.3 Å². The number of hydrogen-bond donors (Lipinski definition) is 3. The van der Waals surface area contributed by atoms with Gasteiger partial charge < -0.3 is 16.2 Å². The Balaban J connectivity index is 1.84. The van der Waals surface area contributed by atoms with E-state index >= 15 is 0 Å². The van der Waals surface area contributed by atoms with Crippen LogP contribution in [-0.2, 0) is 0 Å². The Morgan fingerprint density at radius 2 is 1.95 bits per heavy atom. The van der Waals surface area contributed by atoms with E-state index in [0.717, 1.165) is 15.0 Å². The van der Waals surface area contributed by atoms with Crippen LogP contribution in [0, 0.1) is 0 Å². The van der Waals surface area contributed by atoms with Crippen molar-refractivity contribution in [1.82, 2.24) is 0 Å². The number of nitrogens with two attached hydrogens (primary N) is 1. The number of fused-ring (bicyclic) bond motifs is 1. The maximum Gasteiger partial charge on any atom is 0.248 e. The fraction of sp³-hybridized carbons (Fsp3) is 0.0625. The first kappa shape index (κ1) is 13.6. The molecule has 0 aliphatic rings. The molecule has 1 heterocycles. The van der Waals surface area contributed by atoms with E-state index in [1.165, 1.54) is 11.3 Å². The Kier molecular flexibility index (Phi) is 3.60. The molecule has 0 radical (unpaired) electrons. The summed E-state index contributed by atoms with van der Waals surface area (Å²) in [4.78, 5) is 12.0. The van der Waals surface area contributed by atoms with Crippen molar-refractivity contribution >= 4 is 33.0 Å². The molecule has 106 valence electrons. The zero-order valence-corrected chi connectivity index (χ0v) is 11.9. The minimum Gasteiger partial charge on any atom is -0.369 e. The molecule has 0 aliphatic carbocycles. The third-order valence-corrected chi connectivity index (χ3v) is 4.33. The van der Waals surface area contributed by atoms with E-state index in [0.29, 0.717) is 11.3 Å². The second-order valence-corrected chi connectivity index (χ2v) is 5.79. The van der Waals surface area contributed by atoms with Gasteiger partial charge in [-0.15, -0.1) is 11.3 Å². The van der Waals surface area contributed by atoms with Gasteiger partial charge in [-0.25, -0.2) is 0 Å². The van der Waals surface area contributed by atoms with Crippen molar-refractivity contribution in [2.75, 3.05) is 5.32 Å². The highest BCUT2D eigenvalue weighted by Gasteiger charge is 2.11. The van der Waals surface area contributed by atoms with Gasteiger partial charge in [0.15, 0.2) is 6.23 Å². The number of benzene rings is 2. The van der Waals surface area contributed by atoms with Gasteiger partial charge in [-0.3, -0.25) is 4.79 Å². The van der Waals surface area contributed by atoms with Crippen molar-refractivity contribution < 1.29 is 9.90 Å². The van der Waals surface area contributed by atoms with E-state index < -0.39 is 12.1 Å². The summed E-state index contributed by atoms with van der Waals surface area (Å²) >= 11 is 1.53. The van der Waals surface area contributed by atoms with Crippen LogP contribution in [0.25, 0.3) is 10.1 Å². The molecule has 0 spiro atoms. The van der Waals surface area contributed by atoms with Crippen LogP contribution in [0.5, 0.6) is 0 Å². The molecular formula is C16H14N2O2S. The number of aliphatic hydroxyl groups excluding tert-OH is 1. The van der Waals surface area contributed by atoms with E-state index in [4.69, 9.17) is 5.73 Å². The van der Waals surface area contributed by atoms with Gasteiger partial charge in [-0.05, 0) is 35.7 Å². The Morgan fingerprint density at radius 1 is 1.14 bits per heavy atom. The molecule has 1 atom stereocenters. The molecule has 1 unspecified atom stereocenters. The lowest BCUT2D eigenvalue weighted by Crippen LogP contribution is -2.12. The van der Waals surface area contributed by atoms with E-state index in [-0.39, 0.29) is 0 Å². The van der Waals surface area contributed by atoms with Gasteiger partial charge in [-0.2, -0.15) is 0 Å². The fourth-order valence-corrected chi connectivity index (χ4v) is 3.13. The fourth-order valence-electron chi connectivity index (χ4n) is 2.13. The van der Waals surface area contributed by atoms with Crippen molar-refractivity contribution in [2.24, 2.45) is 5.73 Å². The molecule has 3 aromatic rings. The van der Waals surface area contributed by atoms with Crippen LogP contribution >= 0.6 is 11.3 Å². The van der Waals surface area contributed by atoms with E-state index in [2.05, 4.69) is 5.32 Å². The van der Waals surface area contributed by atoms with Gasteiger partial charge in [0.25, 0.3) is 0 Å². The third kappa shape index (κ3) is 2.89. The summed E-state index contributed by atoms with van der Waals surface area (Å²) in [6.45, 7) is 0. The molecule has 21 heavy (non-hydrogen) atoms. The molecule has 1 aromatic heterocycles. The van der Waals surface area contributed by atoms with Gasteiger partial charge in [0.2, 0.25) is 5.91 Å². The highest BCUT2D eigenvalue weighted by molar-refractivity contribution is 7.19. The van der Waals surface area contributed by atoms with Crippen LogP contribution in [0.15, 0.2) is 54.6 Å². The first-order chi connectivity index (χ1) is 10.1. The van der Waals surface area contributed by atoms with Gasteiger partial charge in [0, 0.05) is 16.0 Å². The number of carbonyl (C=O) groups excluding carboxylic acids is 1. The quantitative estimate of drug-likeness (QED) is 0.648. The van der Waals surface area contributed by atoms with Crippen LogP contribution in [0.1, 0.15) is 21.5 Å². The maximum absolute atomic E-state index is 11.2. The second-order valence-electron chi connectivity index (χ2n) is 4.68. The molecule has 0 saturated carbocycles. The lowest BCUT2D eigenvalue weighted by atomic mass is 10.2. The van der Waals surface area contributed by atoms with Crippen LogP contribution in [-0.4, -0.2) is 11.0 Å². The molecule has 4 nitrogen and oxygen atoms in total. The van der Waals surface area contributed by atoms with Crippen LogP contribution in [0.4, 0.5) is 5.69 Å². The van der Waals surface area contributed by atoms with Crippen molar-refractivity contribution in [1.29, 1.82) is 0 Å². The van der Waals surface area contributed by atoms with Crippen molar-refractivity contribution in [2.45, 2.75) is 6.23 Å². The summed E-state index contributed by atoms with van der Waals surface area (Å²) in [6, 6.07) is 16.7. The third-order valence-electron chi connectivity index (χ3n) is 3.16. The largest absolute Gasteiger partial charge is 0.369 e. The summed E-state index contributed by atoms with van der Waals surface area (Å²) in [6.07, 6.45) is -0.828. The summed E-state index contributed by atoms with van der Waals surface area (Å²) in [7, 11) is 0. The number of rotatable bonds is 4. The smallest absolute Gasteiger partial charge is 0.248 e. The molecule has 4 N–H and O–H groups in total. The number of anilines is 1. The Labute approximate surface area is 125 Å². The van der Waals surface area contributed by atoms with Gasteiger partial charge >= 0.3 is 0 Å². The minimum absolute atomic E-state index is 0.406. The first-order valence-corrected chi connectivity index (χ1v) is 7.28. The number of amides is 1. The number of aliphatic hydroxyl groups is 1. The molecule has 3 rings (SSSR count). The second kappa shape index (κ2) is 5.55. The maximum atomic E-state index is 11.2. The zero-order valence-electron chi connectivity index (χ0n) is 11.1. The minimum atomic E-state index is -0.828. The lowest BCUT2D eigenvalue weighted by molar-refractivity contribution is 0.1000. The van der Waals surface area contributed by atoms with Gasteiger partial charge in [-0.1, -0.05) is 24.3 Å². The molecule has 0 aliphatic heterocycles. The van der Waals surface area contributed by atoms with Crippen LogP contribution in [0.2, 0.25) is 0 Å². The summed E-state index contributed by atoms with van der Waals surface area (Å²) < 4.78 is 1.12. The molecule has 0 fully saturated rings. The zero-order chi connectivity index (χ0) is 14.8. The summed E-state index contributed by atoms with van der Waals surface area (Å²) in [5.41, 5.74) is 6.30. The van der Waals surface area contributed by atoms with Crippen molar-refractivity contribution in [3.8, 4) is 0 Å². The molecule has 0 saturated heterocycles. The predicted molar refractivity (Wildman–Crippen MR) is 85.4 cm³/mol. The van der Waals surface area contributed by atoms with E-state index in [9.17, 15) is 9.90 Å². The number of nitrogens with one attached hydrogen (secondary N) is 1. The van der Waals surface area contributed by atoms with E-state index in [1.807, 2.05) is 30.3 Å². The van der Waals surface area contributed by atoms with Crippen molar-refractivity contribution in [3.63, 3.8) is 0 Å². The topological polar surface area (TPSA) is 75.4 Å². The molecule has 5 heteroatoms. The van der Waals surface area contributed by atoms with Crippen LogP contribution < -0.4 is 11.1 Å². The predicted octanol–water partition coefficient (Wildman–Crippen LogP) is 3.10. The molecular weight excluding hydrogens is 284 g/mol. The van der Waals surface area contributed by atoms with Gasteiger partial charge in [0.05, 0.1) is 4.88 Å². The summed E-state index contributed by atoms with van der Waals surface area (Å²) in [5, 5.41) is 14.4.